The molecule has 0 unspecified atom stereocenters. The number of benzene rings is 2. The summed E-state index contributed by atoms with van der Waals surface area (Å²) in [5, 5.41) is 12.8. The van der Waals surface area contributed by atoms with Gasteiger partial charge in [0.25, 0.3) is 0 Å². The van der Waals surface area contributed by atoms with Crippen molar-refractivity contribution >= 4 is 22.6 Å². The number of anilines is 1. The highest BCUT2D eigenvalue weighted by atomic mass is 16.5. The van der Waals surface area contributed by atoms with Crippen LogP contribution in [0.2, 0.25) is 0 Å². The molecule has 4 aliphatic rings. The van der Waals surface area contributed by atoms with Crippen LogP contribution in [0.25, 0.3) is 22.5 Å². The standard InChI is InChI=1S/C42H52N2O4/c1-13-43(14-2)27-17-19-29-31(23-35(41(7,8)9)47-33(29)21-27)25(5)37-39(45)38(40(37)46)26(6)32-24-36(42(10,11)12)48-34-22-28(18-20-30(32)34)44(15-3)16-4/h17-24H,13-16H2,1-12H3/p+1. The molecule has 0 atom stereocenters. The van der Waals surface area contributed by atoms with Crippen LogP contribution in [0.3, 0.4) is 0 Å². The van der Waals surface area contributed by atoms with Crippen molar-refractivity contribution in [2.45, 2.75) is 88.5 Å². The van der Waals surface area contributed by atoms with E-state index in [0.717, 1.165) is 93.7 Å². The van der Waals surface area contributed by atoms with Gasteiger partial charge in [-0.25, -0.2) is 4.58 Å². The van der Waals surface area contributed by atoms with E-state index in [9.17, 15) is 9.90 Å². The number of ketones is 1. The Morgan fingerprint density at radius 1 is 0.833 bits per heavy atom. The summed E-state index contributed by atoms with van der Waals surface area (Å²) in [5.41, 5.74) is 6.37. The monoisotopic (exact) mass is 649 g/mol. The highest BCUT2D eigenvalue weighted by Gasteiger charge is 2.39. The molecule has 5 rings (SSSR count). The minimum absolute atomic E-state index is 0.0343. The van der Waals surface area contributed by atoms with Gasteiger partial charge in [-0.3, -0.25) is 4.79 Å². The number of hydrogen-bond donors (Lipinski definition) is 1. The van der Waals surface area contributed by atoms with Gasteiger partial charge in [0.1, 0.15) is 41.9 Å². The molecular weight excluding hydrogens is 596 g/mol. The van der Waals surface area contributed by atoms with E-state index in [4.69, 9.17) is 9.15 Å². The van der Waals surface area contributed by atoms with Crippen molar-refractivity contribution in [3.05, 3.63) is 99.0 Å². The molecule has 254 valence electrons. The first-order valence-electron chi connectivity index (χ1n) is 17.4. The molecule has 2 heterocycles. The molecular formula is C42H53N2O4+. The summed E-state index contributed by atoms with van der Waals surface area (Å²) >= 11 is 0. The summed E-state index contributed by atoms with van der Waals surface area (Å²) in [6.45, 7) is 28.7. The summed E-state index contributed by atoms with van der Waals surface area (Å²) < 4.78 is 15.3. The van der Waals surface area contributed by atoms with Gasteiger partial charge in [0, 0.05) is 52.9 Å². The number of aliphatic hydroxyl groups excluding tert-OH is 1. The lowest BCUT2D eigenvalue weighted by Gasteiger charge is -2.32. The maximum Gasteiger partial charge on any atom is 0.203 e. The Hall–Kier alpha value is -4.32. The minimum Gasteiger partial charge on any atom is -0.506 e. The molecule has 0 fully saturated rings. The van der Waals surface area contributed by atoms with Gasteiger partial charge in [0.2, 0.25) is 11.1 Å². The average molecular weight is 650 g/mol. The number of Topliss-reactive ketones (excluding diaryl/α,β-unsaturated/α-hetero) is 1. The maximum atomic E-state index is 14.1. The summed E-state index contributed by atoms with van der Waals surface area (Å²) in [6.07, 6.45) is 2.03. The van der Waals surface area contributed by atoms with E-state index in [1.54, 1.807) is 0 Å². The van der Waals surface area contributed by atoms with Crippen molar-refractivity contribution in [3.63, 3.8) is 0 Å². The van der Waals surface area contributed by atoms with Crippen molar-refractivity contribution in [1.29, 1.82) is 0 Å². The molecule has 0 radical (unpaired) electrons. The fourth-order valence-electron chi connectivity index (χ4n) is 6.65. The van der Waals surface area contributed by atoms with Crippen LogP contribution in [0.4, 0.5) is 5.69 Å². The predicted octanol–water partition coefficient (Wildman–Crippen LogP) is 9.30. The number of rotatable bonds is 7. The number of ether oxygens (including phenoxy) is 1. The minimum atomic E-state index is -0.258. The van der Waals surface area contributed by atoms with Gasteiger partial charge in [-0.05, 0) is 94.2 Å². The van der Waals surface area contributed by atoms with E-state index in [-0.39, 0.29) is 22.4 Å². The van der Waals surface area contributed by atoms with Crippen LogP contribution in [0.1, 0.15) is 100.0 Å². The first-order valence-corrected chi connectivity index (χ1v) is 17.4. The fourth-order valence-corrected chi connectivity index (χ4v) is 6.65. The molecule has 0 aromatic heterocycles. The van der Waals surface area contributed by atoms with E-state index in [2.05, 4.69) is 115 Å². The zero-order chi connectivity index (χ0) is 35.3. The molecule has 6 nitrogen and oxygen atoms in total. The smallest absolute Gasteiger partial charge is 0.203 e. The normalized spacial score (nSPS) is 17.1. The molecule has 2 aliphatic heterocycles. The number of fused-ring (bicyclic) bond motifs is 2. The van der Waals surface area contributed by atoms with Gasteiger partial charge in [-0.15, -0.1) is 0 Å². The van der Waals surface area contributed by atoms with E-state index in [1.165, 1.54) is 0 Å². The Labute approximate surface area is 286 Å². The summed E-state index contributed by atoms with van der Waals surface area (Å²) in [6, 6.07) is 14.6. The number of hydrogen-bond acceptors (Lipinski definition) is 5. The van der Waals surface area contributed by atoms with Crippen LogP contribution in [0, 0.1) is 5.41 Å². The average Bonchev–Trinajstić information content (AvgIpc) is 3.03. The first-order chi connectivity index (χ1) is 22.5. The highest BCUT2D eigenvalue weighted by molar-refractivity contribution is 6.26. The molecule has 6 heteroatoms. The van der Waals surface area contributed by atoms with Crippen molar-refractivity contribution in [2.75, 3.05) is 31.1 Å². The molecule has 0 spiro atoms. The lowest BCUT2D eigenvalue weighted by atomic mass is 9.76. The number of allylic oxidation sites excluding steroid dienone is 7. The van der Waals surface area contributed by atoms with E-state index in [0.29, 0.717) is 11.1 Å². The molecule has 0 saturated carbocycles. The van der Waals surface area contributed by atoms with Gasteiger partial charge in [-0.2, -0.15) is 0 Å². The van der Waals surface area contributed by atoms with Gasteiger partial charge >= 0.3 is 0 Å². The predicted molar refractivity (Wildman–Crippen MR) is 198 cm³/mol. The Bertz CT molecular complexity index is 1940. The van der Waals surface area contributed by atoms with E-state index < -0.39 is 0 Å². The molecule has 0 bridgehead atoms. The maximum absolute atomic E-state index is 14.1. The molecule has 1 N–H and O–H groups in total. The zero-order valence-electron chi connectivity index (χ0n) is 31.0. The Balaban J connectivity index is 1.70. The highest BCUT2D eigenvalue weighted by Crippen LogP contribution is 2.47. The summed E-state index contributed by atoms with van der Waals surface area (Å²) in [5.74, 6) is 3.04. The molecule has 1 aromatic rings. The SMILES string of the molecule is CCN(CC)c1ccc2c(c1)OC(C(C)(C)C)=CC2=C(C)C1=C(O)C(=C(C)c2cc(C(C)(C)C)oc3cc(=[N+](CC)CC)ccc2-3)C1=O. The first kappa shape index (κ1) is 35.0. The summed E-state index contributed by atoms with van der Waals surface area (Å²) in [7, 11) is 0. The Morgan fingerprint density at radius 2 is 1.48 bits per heavy atom. The number of nitrogens with zero attached hydrogens (tertiary/aromatic N) is 2. The number of carbonyl (C=O) groups is 1. The van der Waals surface area contributed by atoms with Crippen molar-refractivity contribution in [3.8, 4) is 17.1 Å². The third-order valence-electron chi connectivity index (χ3n) is 9.72. The van der Waals surface area contributed by atoms with Crippen molar-refractivity contribution in [2.24, 2.45) is 5.41 Å². The fraction of sp³-hybridized carbons (Fsp3) is 0.429. The topological polar surface area (TPSA) is 65.9 Å². The number of aliphatic hydroxyl groups is 1. The second kappa shape index (κ2) is 12.9. The Morgan fingerprint density at radius 3 is 2.04 bits per heavy atom. The van der Waals surface area contributed by atoms with Gasteiger partial charge in [-0.1, -0.05) is 41.5 Å². The van der Waals surface area contributed by atoms with Crippen molar-refractivity contribution in [1.82, 2.24) is 4.58 Å². The summed E-state index contributed by atoms with van der Waals surface area (Å²) in [4.78, 5) is 16.4. The molecule has 2 aliphatic carbocycles. The van der Waals surface area contributed by atoms with Gasteiger partial charge in [0.05, 0.1) is 17.2 Å². The lowest BCUT2D eigenvalue weighted by molar-refractivity contribution is -0.113. The third kappa shape index (κ3) is 6.18. The second-order valence-electron chi connectivity index (χ2n) is 14.9. The van der Waals surface area contributed by atoms with Gasteiger partial charge < -0.3 is 19.2 Å². The largest absolute Gasteiger partial charge is 0.506 e. The van der Waals surface area contributed by atoms with Gasteiger partial charge in [0.15, 0.2) is 0 Å². The number of carbonyl (C=O) groups excluding carboxylic acids is 1. The van der Waals surface area contributed by atoms with Crippen LogP contribution in [-0.4, -0.2) is 37.1 Å². The van der Waals surface area contributed by atoms with Crippen LogP contribution >= 0.6 is 0 Å². The van der Waals surface area contributed by atoms with E-state index in [1.807, 2.05) is 26.0 Å². The molecule has 1 aromatic carbocycles. The molecule has 0 amide bonds. The van der Waals surface area contributed by atoms with Crippen molar-refractivity contribution < 1.29 is 19.1 Å². The molecule has 0 saturated heterocycles. The quantitative estimate of drug-likeness (QED) is 0.204. The lowest BCUT2D eigenvalue weighted by Crippen LogP contribution is -2.29. The zero-order valence-corrected chi connectivity index (χ0v) is 31.0. The molecule has 48 heavy (non-hydrogen) atoms. The second-order valence-corrected chi connectivity index (χ2v) is 14.9. The van der Waals surface area contributed by atoms with Crippen LogP contribution in [0.15, 0.2) is 81.2 Å². The Kier molecular flexibility index (Phi) is 9.44. The van der Waals surface area contributed by atoms with E-state index >= 15 is 0 Å². The van der Waals surface area contributed by atoms with Crippen LogP contribution in [-0.2, 0) is 10.2 Å². The van der Waals surface area contributed by atoms with Crippen LogP contribution < -0.4 is 19.6 Å². The third-order valence-corrected chi connectivity index (χ3v) is 9.72. The van der Waals surface area contributed by atoms with Crippen LogP contribution in [0.5, 0.6) is 5.75 Å².